The van der Waals surface area contributed by atoms with Gasteiger partial charge in [-0.15, -0.1) is 11.3 Å². The first kappa shape index (κ1) is 25.9. The summed E-state index contributed by atoms with van der Waals surface area (Å²) in [6.07, 6.45) is 1.23. The Hall–Kier alpha value is -2.78. The van der Waals surface area contributed by atoms with Crippen molar-refractivity contribution in [1.29, 1.82) is 0 Å². The molecule has 192 valence electrons. The zero-order chi connectivity index (χ0) is 26.5. The number of fused-ring (bicyclic) bond motifs is 2. The molecule has 37 heavy (non-hydrogen) atoms. The van der Waals surface area contributed by atoms with Crippen LogP contribution in [0.15, 0.2) is 60.7 Å². The number of halogens is 2. The predicted molar refractivity (Wildman–Crippen MR) is 150 cm³/mol. The maximum absolute atomic E-state index is 13.7. The number of anilines is 1. The number of hydrogen-bond donors (Lipinski definition) is 0. The Morgan fingerprint density at radius 1 is 1.03 bits per heavy atom. The van der Waals surface area contributed by atoms with Crippen molar-refractivity contribution in [2.45, 2.75) is 18.6 Å². The van der Waals surface area contributed by atoms with Crippen molar-refractivity contribution in [2.24, 2.45) is 0 Å². The Bertz CT molecular complexity index is 1630. The average molecular weight is 577 g/mol. The van der Waals surface area contributed by atoms with E-state index >= 15 is 0 Å². The summed E-state index contributed by atoms with van der Waals surface area (Å²) in [5.74, 6) is 1.25. The Morgan fingerprint density at radius 2 is 1.76 bits per heavy atom. The molecule has 0 fully saturated rings. The minimum absolute atomic E-state index is 0.200. The van der Waals surface area contributed by atoms with E-state index in [1.54, 1.807) is 67.3 Å². The van der Waals surface area contributed by atoms with Crippen LogP contribution in [0.4, 0.5) is 5.69 Å². The molecule has 0 radical (unpaired) electrons. The number of ether oxygens (including phenoxy) is 2. The van der Waals surface area contributed by atoms with Crippen LogP contribution in [0.3, 0.4) is 0 Å². The highest BCUT2D eigenvalue weighted by Crippen LogP contribution is 2.44. The fourth-order valence-electron chi connectivity index (χ4n) is 4.04. The number of amides is 1. The van der Waals surface area contributed by atoms with Crippen molar-refractivity contribution in [1.82, 2.24) is 0 Å². The van der Waals surface area contributed by atoms with Gasteiger partial charge in [0, 0.05) is 28.1 Å². The summed E-state index contributed by atoms with van der Waals surface area (Å²) >= 11 is 13.8. The second-order valence-corrected chi connectivity index (χ2v) is 13.8. The fraction of sp³-hybridized carbons (Fsp3) is 0.222. The van der Waals surface area contributed by atoms with Crippen LogP contribution in [0.2, 0.25) is 10.0 Å². The topological polar surface area (TPSA) is 72.9 Å². The number of hydrogen-bond acceptors (Lipinski definition) is 6. The van der Waals surface area contributed by atoms with Crippen molar-refractivity contribution in [3.05, 3.63) is 81.1 Å². The first-order chi connectivity index (χ1) is 17.4. The van der Waals surface area contributed by atoms with E-state index in [0.29, 0.717) is 56.6 Å². The third-order valence-electron chi connectivity index (χ3n) is 6.49. The predicted octanol–water partition coefficient (Wildman–Crippen LogP) is 7.32. The van der Waals surface area contributed by atoms with Crippen LogP contribution in [0.25, 0.3) is 10.1 Å². The largest absolute Gasteiger partial charge is 0.488 e. The lowest BCUT2D eigenvalue weighted by atomic mass is 10.0. The second-order valence-electron chi connectivity index (χ2n) is 9.26. The van der Waals surface area contributed by atoms with Crippen LogP contribution in [0.5, 0.6) is 17.2 Å². The SMILES string of the molecule is CC(C)(c1ccc2sc(C(=O)N3CCOc4c(Cl)cc(Oc5ccc(Cl)cc5)cc43)cc2c1)S(C)(=O)=O. The maximum atomic E-state index is 13.7. The summed E-state index contributed by atoms with van der Waals surface area (Å²) in [6.45, 7) is 4.00. The van der Waals surface area contributed by atoms with Gasteiger partial charge in [0.1, 0.15) is 18.1 Å². The van der Waals surface area contributed by atoms with Gasteiger partial charge in [-0.25, -0.2) is 8.42 Å². The van der Waals surface area contributed by atoms with Gasteiger partial charge in [-0.2, -0.15) is 0 Å². The summed E-state index contributed by atoms with van der Waals surface area (Å²) in [5.41, 5.74) is 1.19. The highest BCUT2D eigenvalue weighted by molar-refractivity contribution is 7.91. The first-order valence-corrected chi connectivity index (χ1v) is 14.9. The summed E-state index contributed by atoms with van der Waals surface area (Å²) < 4.78 is 36.2. The van der Waals surface area contributed by atoms with E-state index in [2.05, 4.69) is 0 Å². The molecule has 0 saturated heterocycles. The van der Waals surface area contributed by atoms with Gasteiger partial charge in [0.15, 0.2) is 15.6 Å². The normalized spacial score (nSPS) is 13.8. The Balaban J connectivity index is 1.49. The Labute approximate surface area is 229 Å². The molecule has 1 amide bonds. The van der Waals surface area contributed by atoms with Crippen molar-refractivity contribution in [3.8, 4) is 17.2 Å². The number of nitrogens with zero attached hydrogens (tertiary/aromatic N) is 1. The number of rotatable bonds is 5. The third-order valence-corrected chi connectivity index (χ3v) is 10.2. The van der Waals surface area contributed by atoms with Crippen molar-refractivity contribution in [3.63, 3.8) is 0 Å². The molecule has 0 unspecified atom stereocenters. The molecular formula is C27H23Cl2NO5S2. The molecule has 6 nitrogen and oxygen atoms in total. The van der Waals surface area contributed by atoms with Gasteiger partial charge in [0.25, 0.3) is 5.91 Å². The van der Waals surface area contributed by atoms with Crippen LogP contribution < -0.4 is 14.4 Å². The fourth-order valence-corrected chi connectivity index (χ4v) is 5.97. The summed E-state index contributed by atoms with van der Waals surface area (Å²) in [6, 6.07) is 17.6. The van der Waals surface area contributed by atoms with E-state index in [1.807, 2.05) is 12.1 Å². The number of carbonyl (C=O) groups is 1. The quantitative estimate of drug-likeness (QED) is 0.249. The van der Waals surface area contributed by atoms with Crippen LogP contribution in [0, 0.1) is 0 Å². The van der Waals surface area contributed by atoms with E-state index in [-0.39, 0.29) is 5.91 Å². The molecule has 0 spiro atoms. The molecule has 1 aromatic heterocycles. The van der Waals surface area contributed by atoms with Crippen molar-refractivity contribution >= 4 is 66.1 Å². The standard InChI is InChI=1S/C27H23Cl2NO5S2/c1-27(2,37(3,32)33)17-4-9-23-16(12-17)13-24(36-23)26(31)30-10-11-34-25-21(29)14-20(15-22(25)30)35-19-7-5-18(28)6-8-19/h4-9,12-15H,10-11H2,1-3H3. The van der Waals surface area contributed by atoms with Gasteiger partial charge < -0.3 is 14.4 Å². The van der Waals surface area contributed by atoms with Gasteiger partial charge in [-0.3, -0.25) is 4.79 Å². The molecule has 0 bridgehead atoms. The lowest BCUT2D eigenvalue weighted by molar-refractivity contribution is 0.0980. The van der Waals surface area contributed by atoms with Gasteiger partial charge in [-0.05, 0) is 67.3 Å². The summed E-state index contributed by atoms with van der Waals surface area (Å²) in [5, 5.41) is 1.74. The Morgan fingerprint density at radius 3 is 2.46 bits per heavy atom. The Kier molecular flexibility index (Phi) is 6.64. The van der Waals surface area contributed by atoms with Crippen LogP contribution in [0.1, 0.15) is 29.1 Å². The highest BCUT2D eigenvalue weighted by Gasteiger charge is 2.33. The molecular weight excluding hydrogens is 553 g/mol. The smallest absolute Gasteiger partial charge is 0.268 e. The van der Waals surface area contributed by atoms with E-state index in [9.17, 15) is 13.2 Å². The van der Waals surface area contributed by atoms with Crippen LogP contribution >= 0.6 is 34.5 Å². The minimum atomic E-state index is -3.33. The van der Waals surface area contributed by atoms with Gasteiger partial charge in [0.2, 0.25) is 0 Å². The van der Waals surface area contributed by atoms with E-state index < -0.39 is 14.6 Å². The second kappa shape index (κ2) is 9.51. The maximum Gasteiger partial charge on any atom is 0.268 e. The zero-order valence-corrected chi connectivity index (χ0v) is 23.4. The van der Waals surface area contributed by atoms with Crippen LogP contribution in [-0.2, 0) is 14.6 Å². The van der Waals surface area contributed by atoms with Crippen molar-refractivity contribution < 1.29 is 22.7 Å². The summed E-state index contributed by atoms with van der Waals surface area (Å²) in [7, 11) is -3.33. The van der Waals surface area contributed by atoms with E-state index in [0.717, 1.165) is 10.1 Å². The number of benzene rings is 3. The number of sulfone groups is 1. The lowest BCUT2D eigenvalue weighted by Gasteiger charge is -2.30. The van der Waals surface area contributed by atoms with Gasteiger partial charge in [-0.1, -0.05) is 29.3 Å². The molecule has 4 aromatic rings. The first-order valence-electron chi connectivity index (χ1n) is 11.4. The summed E-state index contributed by atoms with van der Waals surface area (Å²) in [4.78, 5) is 15.8. The van der Waals surface area contributed by atoms with Gasteiger partial charge >= 0.3 is 0 Å². The lowest BCUT2D eigenvalue weighted by Crippen LogP contribution is -2.37. The molecule has 0 aliphatic carbocycles. The van der Waals surface area contributed by atoms with Gasteiger partial charge in [0.05, 0.1) is 26.9 Å². The molecule has 5 rings (SSSR count). The molecule has 1 aliphatic heterocycles. The van der Waals surface area contributed by atoms with Crippen LogP contribution in [-0.4, -0.2) is 33.7 Å². The zero-order valence-electron chi connectivity index (χ0n) is 20.2. The van der Waals surface area contributed by atoms with E-state index in [1.165, 1.54) is 17.6 Å². The number of thiophene rings is 1. The molecule has 2 heterocycles. The van der Waals surface area contributed by atoms with E-state index in [4.69, 9.17) is 32.7 Å². The molecule has 1 aliphatic rings. The van der Waals surface area contributed by atoms with Crippen molar-refractivity contribution in [2.75, 3.05) is 24.3 Å². The molecule has 10 heteroatoms. The monoisotopic (exact) mass is 575 g/mol. The number of carbonyl (C=O) groups excluding carboxylic acids is 1. The average Bonchev–Trinajstić information content (AvgIpc) is 3.28. The minimum Gasteiger partial charge on any atom is -0.488 e. The molecule has 0 saturated carbocycles. The molecule has 0 N–H and O–H groups in total. The molecule has 3 aromatic carbocycles. The highest BCUT2D eigenvalue weighted by atomic mass is 35.5. The molecule has 0 atom stereocenters. The third kappa shape index (κ3) is 4.91.